The number of hydrogen-bond acceptors (Lipinski definition) is 9. The average Bonchev–Trinajstić information content (AvgIpc) is 2.77. The van der Waals surface area contributed by atoms with E-state index in [9.17, 15) is 19.7 Å². The summed E-state index contributed by atoms with van der Waals surface area (Å²) in [5.74, 6) is -0.00273. The molecular weight excluding hydrogens is 424 g/mol. The van der Waals surface area contributed by atoms with Crippen molar-refractivity contribution in [2.24, 2.45) is 0 Å². The summed E-state index contributed by atoms with van der Waals surface area (Å²) < 4.78 is 26.1. The summed E-state index contributed by atoms with van der Waals surface area (Å²) in [5, 5.41) is 13.5. The van der Waals surface area contributed by atoms with Gasteiger partial charge < -0.3 is 29.0 Å². The Kier molecular flexibility index (Phi) is 8.22. The first-order valence-electron chi connectivity index (χ1n) is 9.35. The molecule has 0 aromatic heterocycles. The van der Waals surface area contributed by atoms with Gasteiger partial charge in [0.05, 0.1) is 45.5 Å². The first-order chi connectivity index (χ1) is 15.2. The van der Waals surface area contributed by atoms with Gasteiger partial charge in [-0.2, -0.15) is 0 Å². The van der Waals surface area contributed by atoms with Crippen LogP contribution >= 0.6 is 0 Å². The smallest absolute Gasteiger partial charge is 0.311 e. The minimum absolute atomic E-state index is 0.0826. The van der Waals surface area contributed by atoms with E-state index in [2.05, 4.69) is 5.32 Å². The number of rotatable bonds is 10. The van der Waals surface area contributed by atoms with Crippen molar-refractivity contribution in [3.8, 4) is 23.0 Å². The fourth-order valence-corrected chi connectivity index (χ4v) is 2.84. The molecule has 0 spiro atoms. The number of carbonyl (C=O) groups excluding carboxylic acids is 2. The number of methoxy groups -OCH3 is 4. The molecule has 0 fully saturated rings. The standard InChI is InChI=1S/C21H24N2O9/c1-12(21(25)22-15-11-14(23(26)27)6-7-16(15)28-2)32-19(24)10-13-8-17(29-3)20(31-5)18(9-13)30-4/h6-9,11-12H,10H2,1-5H3,(H,22,25). The van der Waals surface area contributed by atoms with Gasteiger partial charge in [-0.3, -0.25) is 19.7 Å². The van der Waals surface area contributed by atoms with Crippen LogP contribution in [0, 0.1) is 10.1 Å². The van der Waals surface area contributed by atoms with Crippen molar-refractivity contribution >= 4 is 23.3 Å². The van der Waals surface area contributed by atoms with E-state index in [1.54, 1.807) is 12.1 Å². The van der Waals surface area contributed by atoms with Crippen LogP contribution in [-0.2, 0) is 20.7 Å². The Labute approximate surface area is 184 Å². The van der Waals surface area contributed by atoms with E-state index in [1.807, 2.05) is 0 Å². The van der Waals surface area contributed by atoms with Gasteiger partial charge in [0.25, 0.3) is 11.6 Å². The van der Waals surface area contributed by atoms with Crippen molar-refractivity contribution in [1.29, 1.82) is 0 Å². The van der Waals surface area contributed by atoms with Gasteiger partial charge in [-0.25, -0.2) is 0 Å². The van der Waals surface area contributed by atoms with Crippen molar-refractivity contribution in [2.45, 2.75) is 19.4 Å². The monoisotopic (exact) mass is 448 g/mol. The Balaban J connectivity index is 2.09. The maximum atomic E-state index is 12.5. The Morgan fingerprint density at radius 1 is 0.969 bits per heavy atom. The highest BCUT2D eigenvalue weighted by molar-refractivity contribution is 5.96. The molecule has 1 atom stereocenters. The minimum Gasteiger partial charge on any atom is -0.495 e. The Hall–Kier alpha value is -4.02. The number of esters is 1. The van der Waals surface area contributed by atoms with Crippen LogP contribution in [0.25, 0.3) is 0 Å². The highest BCUT2D eigenvalue weighted by atomic mass is 16.6. The number of benzene rings is 2. The lowest BCUT2D eigenvalue weighted by molar-refractivity contribution is -0.384. The predicted octanol–water partition coefficient (Wildman–Crippen LogP) is 2.74. The summed E-state index contributed by atoms with van der Waals surface area (Å²) in [5.41, 5.74) is 0.379. The van der Waals surface area contributed by atoms with Gasteiger partial charge in [0.2, 0.25) is 5.75 Å². The van der Waals surface area contributed by atoms with Gasteiger partial charge in [-0.05, 0) is 30.7 Å². The van der Waals surface area contributed by atoms with Crippen molar-refractivity contribution in [3.63, 3.8) is 0 Å². The third kappa shape index (κ3) is 5.78. The van der Waals surface area contributed by atoms with E-state index < -0.39 is 22.9 Å². The van der Waals surface area contributed by atoms with Crippen LogP contribution < -0.4 is 24.3 Å². The fraction of sp³-hybridized carbons (Fsp3) is 0.333. The number of amides is 1. The molecule has 0 aliphatic carbocycles. The number of anilines is 1. The summed E-state index contributed by atoms with van der Waals surface area (Å²) in [6, 6.07) is 6.95. The molecule has 2 aromatic rings. The lowest BCUT2D eigenvalue weighted by Gasteiger charge is -2.16. The van der Waals surface area contributed by atoms with Crippen molar-refractivity contribution in [1.82, 2.24) is 0 Å². The zero-order valence-corrected chi connectivity index (χ0v) is 18.3. The van der Waals surface area contributed by atoms with E-state index in [1.165, 1.54) is 47.5 Å². The normalized spacial score (nSPS) is 11.2. The molecule has 0 heterocycles. The maximum absolute atomic E-state index is 12.5. The molecule has 0 aliphatic rings. The third-order valence-electron chi connectivity index (χ3n) is 4.40. The largest absolute Gasteiger partial charge is 0.495 e. The SMILES string of the molecule is COc1ccc([N+](=O)[O-])cc1NC(=O)C(C)OC(=O)Cc1cc(OC)c(OC)c(OC)c1. The lowest BCUT2D eigenvalue weighted by atomic mass is 10.1. The predicted molar refractivity (Wildman–Crippen MR) is 114 cm³/mol. The molecule has 0 radical (unpaired) electrons. The van der Waals surface area contributed by atoms with E-state index in [4.69, 9.17) is 23.7 Å². The summed E-state index contributed by atoms with van der Waals surface area (Å²) in [4.78, 5) is 35.2. The third-order valence-corrected chi connectivity index (χ3v) is 4.40. The van der Waals surface area contributed by atoms with Gasteiger partial charge >= 0.3 is 5.97 Å². The number of hydrogen-bond donors (Lipinski definition) is 1. The topological polar surface area (TPSA) is 135 Å². The molecule has 11 heteroatoms. The van der Waals surface area contributed by atoms with Gasteiger partial charge in [-0.15, -0.1) is 0 Å². The van der Waals surface area contributed by atoms with Crippen molar-refractivity contribution in [2.75, 3.05) is 33.8 Å². The van der Waals surface area contributed by atoms with E-state index in [0.717, 1.165) is 6.07 Å². The number of nitro groups is 1. The number of nitrogens with zero attached hydrogens (tertiary/aromatic N) is 1. The second kappa shape index (κ2) is 10.8. The number of carbonyl (C=O) groups is 2. The highest BCUT2D eigenvalue weighted by Crippen LogP contribution is 2.38. The fourth-order valence-electron chi connectivity index (χ4n) is 2.84. The Morgan fingerprint density at radius 3 is 2.06 bits per heavy atom. The van der Waals surface area contributed by atoms with E-state index in [-0.39, 0.29) is 23.5 Å². The number of non-ortho nitro benzene ring substituents is 1. The van der Waals surface area contributed by atoms with Crippen LogP contribution in [0.5, 0.6) is 23.0 Å². The van der Waals surface area contributed by atoms with Crippen LogP contribution in [0.1, 0.15) is 12.5 Å². The molecular formula is C21H24N2O9. The number of nitro benzene ring substituents is 1. The molecule has 0 bridgehead atoms. The Morgan fingerprint density at radius 2 is 1.56 bits per heavy atom. The average molecular weight is 448 g/mol. The number of ether oxygens (including phenoxy) is 5. The molecule has 2 rings (SSSR count). The first-order valence-corrected chi connectivity index (χ1v) is 9.35. The molecule has 1 unspecified atom stereocenters. The number of nitrogens with one attached hydrogen (secondary N) is 1. The molecule has 0 saturated heterocycles. The van der Waals surface area contributed by atoms with Gasteiger partial charge in [-0.1, -0.05) is 0 Å². The van der Waals surface area contributed by atoms with Gasteiger partial charge in [0.1, 0.15) is 5.75 Å². The maximum Gasteiger partial charge on any atom is 0.311 e. The highest BCUT2D eigenvalue weighted by Gasteiger charge is 2.22. The molecule has 32 heavy (non-hydrogen) atoms. The lowest BCUT2D eigenvalue weighted by Crippen LogP contribution is -2.30. The summed E-state index contributed by atoms with van der Waals surface area (Å²) in [7, 11) is 5.73. The van der Waals surface area contributed by atoms with Crippen LogP contribution in [0.3, 0.4) is 0 Å². The molecule has 1 N–H and O–H groups in total. The van der Waals surface area contributed by atoms with Gasteiger partial charge in [0, 0.05) is 12.1 Å². The summed E-state index contributed by atoms with van der Waals surface area (Å²) >= 11 is 0. The van der Waals surface area contributed by atoms with E-state index >= 15 is 0 Å². The van der Waals surface area contributed by atoms with Gasteiger partial charge in [0.15, 0.2) is 17.6 Å². The molecule has 0 saturated carbocycles. The Bertz CT molecular complexity index is 982. The zero-order chi connectivity index (χ0) is 23.8. The second-order valence-corrected chi connectivity index (χ2v) is 6.47. The molecule has 2 aromatic carbocycles. The second-order valence-electron chi connectivity index (χ2n) is 6.47. The van der Waals surface area contributed by atoms with Crippen LogP contribution in [-0.4, -0.2) is 51.3 Å². The summed E-state index contributed by atoms with van der Waals surface area (Å²) in [6.45, 7) is 1.38. The van der Waals surface area contributed by atoms with Crippen LogP contribution in [0.2, 0.25) is 0 Å². The molecule has 172 valence electrons. The zero-order valence-electron chi connectivity index (χ0n) is 18.3. The van der Waals surface area contributed by atoms with E-state index in [0.29, 0.717) is 22.8 Å². The molecule has 11 nitrogen and oxygen atoms in total. The minimum atomic E-state index is -1.17. The summed E-state index contributed by atoms with van der Waals surface area (Å²) in [6.07, 6.45) is -1.33. The van der Waals surface area contributed by atoms with Crippen LogP contribution in [0.15, 0.2) is 30.3 Å². The van der Waals surface area contributed by atoms with Crippen molar-refractivity contribution < 1.29 is 38.2 Å². The molecule has 1 amide bonds. The van der Waals surface area contributed by atoms with Crippen molar-refractivity contribution in [3.05, 3.63) is 46.0 Å². The molecule has 0 aliphatic heterocycles. The first kappa shape index (κ1) is 24.3. The van der Waals surface area contributed by atoms with Crippen LogP contribution in [0.4, 0.5) is 11.4 Å². The quantitative estimate of drug-likeness (QED) is 0.330.